The number of thiazole rings is 2. The van der Waals surface area contributed by atoms with Crippen LogP contribution in [0.15, 0.2) is 10.9 Å². The molecule has 0 aliphatic heterocycles. The van der Waals surface area contributed by atoms with Crippen LogP contribution in [0.3, 0.4) is 0 Å². The highest BCUT2D eigenvalue weighted by Crippen LogP contribution is 2.23. The summed E-state index contributed by atoms with van der Waals surface area (Å²) in [6.45, 7) is 2.82. The van der Waals surface area contributed by atoms with Crippen LogP contribution in [-0.4, -0.2) is 30.1 Å². The third-order valence-corrected chi connectivity index (χ3v) is 4.83. The fourth-order valence-electron chi connectivity index (χ4n) is 1.68. The summed E-state index contributed by atoms with van der Waals surface area (Å²) >= 11 is 3.25. The van der Waals surface area contributed by atoms with Gasteiger partial charge < -0.3 is 9.64 Å². The van der Waals surface area contributed by atoms with E-state index in [2.05, 4.69) is 19.6 Å². The number of anilines is 1. The van der Waals surface area contributed by atoms with E-state index in [4.69, 9.17) is 0 Å². The molecule has 108 valence electrons. The quantitative estimate of drug-likeness (QED) is 0.768. The van der Waals surface area contributed by atoms with Crippen LogP contribution in [0.2, 0.25) is 0 Å². The van der Waals surface area contributed by atoms with Crippen molar-refractivity contribution in [1.82, 2.24) is 9.97 Å². The van der Waals surface area contributed by atoms with Crippen molar-refractivity contribution >= 4 is 33.8 Å². The van der Waals surface area contributed by atoms with Gasteiger partial charge in [-0.1, -0.05) is 0 Å². The number of carbonyl (C=O) groups excluding carboxylic acids is 1. The lowest BCUT2D eigenvalue weighted by Crippen LogP contribution is -2.16. The van der Waals surface area contributed by atoms with Gasteiger partial charge in [-0.3, -0.25) is 4.79 Å². The number of nitrogens with zero attached hydrogens (tertiary/aromatic N) is 3. The first-order valence-electron chi connectivity index (χ1n) is 6.21. The third kappa shape index (κ3) is 3.77. The molecule has 2 rings (SSSR count). The maximum absolute atomic E-state index is 11.1. The maximum Gasteiger partial charge on any atom is 0.305 e. The first-order chi connectivity index (χ1) is 9.60. The lowest BCUT2D eigenvalue weighted by molar-refractivity contribution is -0.140. The average Bonchev–Trinajstić information content (AvgIpc) is 3.06. The summed E-state index contributed by atoms with van der Waals surface area (Å²) in [4.78, 5) is 23.3. The zero-order valence-corrected chi connectivity index (χ0v) is 13.4. The van der Waals surface area contributed by atoms with Crippen molar-refractivity contribution in [2.75, 3.05) is 19.1 Å². The molecular weight excluding hydrogens is 294 g/mol. The molecule has 0 bridgehead atoms. The van der Waals surface area contributed by atoms with Crippen molar-refractivity contribution in [3.63, 3.8) is 0 Å². The maximum atomic E-state index is 11.1. The van der Waals surface area contributed by atoms with Crippen LogP contribution >= 0.6 is 22.7 Å². The number of aromatic nitrogens is 2. The van der Waals surface area contributed by atoms with Crippen LogP contribution in [-0.2, 0) is 22.5 Å². The smallest absolute Gasteiger partial charge is 0.305 e. The number of methoxy groups -OCH3 is 1. The Morgan fingerprint density at radius 2 is 2.25 bits per heavy atom. The lowest BCUT2D eigenvalue weighted by atomic mass is 10.2. The molecule has 5 nitrogen and oxygen atoms in total. The van der Waals surface area contributed by atoms with E-state index in [0.717, 1.165) is 23.1 Å². The van der Waals surface area contributed by atoms with Crippen molar-refractivity contribution in [3.05, 3.63) is 27.2 Å². The summed E-state index contributed by atoms with van der Waals surface area (Å²) in [6.07, 6.45) is 0.994. The van der Waals surface area contributed by atoms with E-state index in [0.29, 0.717) is 12.8 Å². The highest BCUT2D eigenvalue weighted by Gasteiger charge is 2.11. The van der Waals surface area contributed by atoms with Gasteiger partial charge in [-0.15, -0.1) is 22.7 Å². The Labute approximate surface area is 126 Å². The topological polar surface area (TPSA) is 55.3 Å². The summed E-state index contributed by atoms with van der Waals surface area (Å²) in [5.74, 6) is -0.201. The molecule has 2 heterocycles. The second-order valence-electron chi connectivity index (χ2n) is 4.41. The molecule has 0 saturated carbocycles. The second kappa shape index (κ2) is 6.81. The van der Waals surface area contributed by atoms with E-state index in [1.54, 1.807) is 22.7 Å². The Morgan fingerprint density at radius 1 is 1.45 bits per heavy atom. The fraction of sp³-hybridized carbons (Fsp3) is 0.462. The fourth-order valence-corrected chi connectivity index (χ4v) is 3.34. The van der Waals surface area contributed by atoms with E-state index in [9.17, 15) is 4.79 Å². The highest BCUT2D eigenvalue weighted by molar-refractivity contribution is 7.13. The molecule has 0 amide bonds. The van der Waals surface area contributed by atoms with Gasteiger partial charge in [0.25, 0.3) is 0 Å². The van der Waals surface area contributed by atoms with Crippen molar-refractivity contribution < 1.29 is 9.53 Å². The Hall–Kier alpha value is -1.47. The van der Waals surface area contributed by atoms with Crippen LogP contribution in [0.1, 0.15) is 22.7 Å². The lowest BCUT2D eigenvalue weighted by Gasteiger charge is -2.14. The summed E-state index contributed by atoms with van der Waals surface area (Å²) in [7, 11) is 3.42. The molecule has 0 saturated heterocycles. The van der Waals surface area contributed by atoms with Crippen LogP contribution < -0.4 is 4.90 Å². The number of rotatable bonds is 6. The molecule has 0 unspecified atom stereocenters. The molecule has 2 aromatic rings. The van der Waals surface area contributed by atoms with Gasteiger partial charge in [-0.05, 0) is 6.92 Å². The molecule has 2 aromatic heterocycles. The average molecular weight is 311 g/mol. The number of carbonyl (C=O) groups is 1. The van der Waals surface area contributed by atoms with Crippen LogP contribution in [0.5, 0.6) is 0 Å². The number of ether oxygens (including phenoxy) is 1. The van der Waals surface area contributed by atoms with Gasteiger partial charge in [-0.2, -0.15) is 0 Å². The van der Waals surface area contributed by atoms with Crippen LogP contribution in [0, 0.1) is 6.92 Å². The van der Waals surface area contributed by atoms with Crippen molar-refractivity contribution in [2.24, 2.45) is 0 Å². The van der Waals surface area contributed by atoms with E-state index >= 15 is 0 Å². The molecule has 0 radical (unpaired) electrons. The minimum Gasteiger partial charge on any atom is -0.469 e. The van der Waals surface area contributed by atoms with E-state index < -0.39 is 0 Å². The molecule has 0 fully saturated rings. The molecule has 0 N–H and O–H groups in total. The van der Waals surface area contributed by atoms with E-state index in [1.165, 1.54) is 12.0 Å². The number of hydrogen-bond acceptors (Lipinski definition) is 7. The zero-order chi connectivity index (χ0) is 14.5. The minimum atomic E-state index is -0.201. The van der Waals surface area contributed by atoms with Crippen LogP contribution in [0.25, 0.3) is 0 Å². The minimum absolute atomic E-state index is 0.201. The van der Waals surface area contributed by atoms with E-state index in [-0.39, 0.29) is 5.97 Å². The van der Waals surface area contributed by atoms with Gasteiger partial charge in [0.05, 0.1) is 37.0 Å². The summed E-state index contributed by atoms with van der Waals surface area (Å²) in [6, 6.07) is 0. The molecule has 7 heteroatoms. The summed E-state index contributed by atoms with van der Waals surface area (Å²) in [5.41, 5.74) is 3.87. The van der Waals surface area contributed by atoms with Crippen molar-refractivity contribution in [1.29, 1.82) is 0 Å². The van der Waals surface area contributed by atoms with Crippen molar-refractivity contribution in [3.8, 4) is 0 Å². The Balaban J connectivity index is 1.94. The number of esters is 1. The predicted octanol–water partition coefficient (Wildman–Crippen LogP) is 2.65. The Kier molecular flexibility index (Phi) is 5.08. The molecular formula is C13H17N3O2S2. The normalized spacial score (nSPS) is 10.6. The zero-order valence-electron chi connectivity index (χ0n) is 11.8. The first-order valence-corrected chi connectivity index (χ1v) is 7.97. The van der Waals surface area contributed by atoms with Gasteiger partial charge in [0, 0.05) is 23.7 Å². The van der Waals surface area contributed by atoms with Crippen molar-refractivity contribution in [2.45, 2.75) is 26.3 Å². The standard InChI is InChI=1S/C13H17N3O2S2/c1-9-11(20-8-14-9)6-16(2)13-15-10(7-19-13)4-5-12(17)18-3/h7-8H,4-6H2,1-3H3. The largest absolute Gasteiger partial charge is 0.469 e. The van der Waals surface area contributed by atoms with Gasteiger partial charge in [0.15, 0.2) is 5.13 Å². The highest BCUT2D eigenvalue weighted by atomic mass is 32.1. The number of hydrogen-bond donors (Lipinski definition) is 0. The van der Waals surface area contributed by atoms with Gasteiger partial charge >= 0.3 is 5.97 Å². The first kappa shape index (κ1) is 14.9. The molecule has 0 aliphatic carbocycles. The summed E-state index contributed by atoms with van der Waals surface area (Å²) < 4.78 is 4.63. The predicted molar refractivity (Wildman–Crippen MR) is 81.4 cm³/mol. The Bertz CT molecular complexity index is 580. The number of aryl methyl sites for hydroxylation is 2. The van der Waals surface area contributed by atoms with Gasteiger partial charge in [0.2, 0.25) is 0 Å². The molecule has 0 atom stereocenters. The molecule has 0 aromatic carbocycles. The molecule has 20 heavy (non-hydrogen) atoms. The van der Waals surface area contributed by atoms with E-state index in [1.807, 2.05) is 24.9 Å². The Morgan fingerprint density at radius 3 is 2.90 bits per heavy atom. The van der Waals surface area contributed by atoms with Gasteiger partial charge in [-0.25, -0.2) is 9.97 Å². The third-order valence-electron chi connectivity index (χ3n) is 2.90. The molecule has 0 aliphatic rings. The van der Waals surface area contributed by atoms with Crippen LogP contribution in [0.4, 0.5) is 5.13 Å². The summed E-state index contributed by atoms with van der Waals surface area (Å²) in [5, 5.41) is 2.95. The molecule has 0 spiro atoms. The SMILES string of the molecule is COC(=O)CCc1csc(N(C)Cc2scnc2C)n1. The van der Waals surface area contributed by atoms with Gasteiger partial charge in [0.1, 0.15) is 0 Å². The second-order valence-corrected chi connectivity index (χ2v) is 6.19. The monoisotopic (exact) mass is 311 g/mol.